The SMILES string of the molecule is CCS(=O)(=O)CC1(c2cccc(F)c2)OCC(CO)O1. The van der Waals surface area contributed by atoms with Crippen molar-refractivity contribution in [1.82, 2.24) is 0 Å². The van der Waals surface area contributed by atoms with Gasteiger partial charge in [0.25, 0.3) is 0 Å². The predicted octanol–water partition coefficient (Wildman–Crippen LogP) is 0.821. The molecule has 1 fully saturated rings. The first-order valence-corrected chi connectivity index (χ1v) is 8.12. The number of aliphatic hydroxyl groups excluding tert-OH is 1. The first-order valence-electron chi connectivity index (χ1n) is 6.30. The van der Waals surface area contributed by atoms with Gasteiger partial charge in [-0.15, -0.1) is 0 Å². The van der Waals surface area contributed by atoms with E-state index in [-0.39, 0.29) is 19.0 Å². The summed E-state index contributed by atoms with van der Waals surface area (Å²) < 4.78 is 48.2. The van der Waals surface area contributed by atoms with Crippen LogP contribution in [0.15, 0.2) is 24.3 Å². The van der Waals surface area contributed by atoms with Crippen LogP contribution < -0.4 is 0 Å². The van der Waals surface area contributed by atoms with E-state index in [9.17, 15) is 12.8 Å². The Morgan fingerprint density at radius 2 is 2.25 bits per heavy atom. The van der Waals surface area contributed by atoms with Crippen LogP contribution >= 0.6 is 0 Å². The van der Waals surface area contributed by atoms with Gasteiger partial charge in [0.1, 0.15) is 17.7 Å². The van der Waals surface area contributed by atoms with Gasteiger partial charge < -0.3 is 14.6 Å². The largest absolute Gasteiger partial charge is 0.394 e. The number of aliphatic hydroxyl groups is 1. The lowest BCUT2D eigenvalue weighted by molar-refractivity contribution is -0.162. The van der Waals surface area contributed by atoms with E-state index in [1.54, 1.807) is 6.07 Å². The molecule has 1 saturated heterocycles. The molecule has 1 heterocycles. The van der Waals surface area contributed by atoms with Gasteiger partial charge in [-0.1, -0.05) is 19.1 Å². The highest BCUT2D eigenvalue weighted by molar-refractivity contribution is 7.91. The molecule has 1 aliphatic heterocycles. The molecule has 5 nitrogen and oxygen atoms in total. The molecule has 2 rings (SSSR count). The third kappa shape index (κ3) is 3.17. The molecule has 1 aliphatic rings. The van der Waals surface area contributed by atoms with Crippen LogP contribution in [0.5, 0.6) is 0 Å². The van der Waals surface area contributed by atoms with Gasteiger partial charge in [0, 0.05) is 11.3 Å². The number of ether oxygens (including phenoxy) is 2. The Bertz CT molecular complexity index is 574. The van der Waals surface area contributed by atoms with Crippen molar-refractivity contribution in [2.45, 2.75) is 18.8 Å². The Hall–Kier alpha value is -1.02. The van der Waals surface area contributed by atoms with E-state index in [2.05, 4.69) is 0 Å². The van der Waals surface area contributed by atoms with Crippen molar-refractivity contribution in [2.75, 3.05) is 24.7 Å². The minimum absolute atomic E-state index is 0.0618. The van der Waals surface area contributed by atoms with E-state index >= 15 is 0 Å². The molecule has 0 amide bonds. The van der Waals surface area contributed by atoms with Crippen LogP contribution in [0.3, 0.4) is 0 Å². The summed E-state index contributed by atoms with van der Waals surface area (Å²) in [5, 5.41) is 9.13. The van der Waals surface area contributed by atoms with E-state index in [0.29, 0.717) is 5.56 Å². The second-order valence-electron chi connectivity index (χ2n) is 4.67. The van der Waals surface area contributed by atoms with E-state index in [1.807, 2.05) is 0 Å². The van der Waals surface area contributed by atoms with E-state index in [0.717, 1.165) is 0 Å². The average Bonchev–Trinajstić information content (AvgIpc) is 2.83. The van der Waals surface area contributed by atoms with Crippen LogP contribution in [0, 0.1) is 5.82 Å². The normalized spacial score (nSPS) is 26.9. The summed E-state index contributed by atoms with van der Waals surface area (Å²) in [6.07, 6.45) is -0.620. The Morgan fingerprint density at radius 3 is 2.80 bits per heavy atom. The average molecular weight is 304 g/mol. The van der Waals surface area contributed by atoms with E-state index in [4.69, 9.17) is 14.6 Å². The number of rotatable bonds is 5. The second kappa shape index (κ2) is 5.77. The summed E-state index contributed by atoms with van der Waals surface area (Å²) in [6.45, 7) is 1.29. The molecule has 1 aromatic carbocycles. The van der Waals surface area contributed by atoms with Crippen molar-refractivity contribution in [1.29, 1.82) is 0 Å². The first kappa shape index (κ1) is 15.4. The molecule has 0 saturated carbocycles. The zero-order valence-electron chi connectivity index (χ0n) is 11.1. The number of hydrogen-bond donors (Lipinski definition) is 1. The molecule has 0 aliphatic carbocycles. The van der Waals surface area contributed by atoms with E-state index in [1.165, 1.54) is 25.1 Å². The summed E-state index contributed by atoms with van der Waals surface area (Å²) in [6, 6.07) is 5.45. The molecule has 0 spiro atoms. The molecule has 20 heavy (non-hydrogen) atoms. The molecule has 0 radical (unpaired) electrons. The maximum absolute atomic E-state index is 13.4. The summed E-state index contributed by atoms with van der Waals surface area (Å²) in [4.78, 5) is 0. The number of hydrogen-bond acceptors (Lipinski definition) is 5. The molecule has 0 bridgehead atoms. The van der Waals surface area contributed by atoms with Crippen LogP contribution in [0.4, 0.5) is 4.39 Å². The standard InChI is InChI=1S/C13H17FO5S/c1-2-20(16,17)9-13(18-8-12(7-15)19-13)10-4-3-5-11(14)6-10/h3-6,12,15H,2,7-9H2,1H3. The van der Waals surface area contributed by atoms with Gasteiger partial charge in [-0.2, -0.15) is 0 Å². The first-order chi connectivity index (χ1) is 9.41. The Kier molecular flexibility index (Phi) is 4.43. The zero-order chi connectivity index (χ0) is 14.8. The number of sulfone groups is 1. The van der Waals surface area contributed by atoms with Crippen LogP contribution in [0.2, 0.25) is 0 Å². The molecular formula is C13H17FO5S. The third-order valence-corrected chi connectivity index (χ3v) is 4.88. The van der Waals surface area contributed by atoms with Gasteiger partial charge in [-0.25, -0.2) is 12.8 Å². The third-order valence-electron chi connectivity index (χ3n) is 3.18. The predicted molar refractivity (Wildman–Crippen MR) is 70.3 cm³/mol. The summed E-state index contributed by atoms with van der Waals surface area (Å²) >= 11 is 0. The number of halogens is 1. The minimum Gasteiger partial charge on any atom is -0.394 e. The number of benzene rings is 1. The van der Waals surface area contributed by atoms with Gasteiger partial charge in [0.2, 0.25) is 5.79 Å². The van der Waals surface area contributed by atoms with Crippen molar-refractivity contribution >= 4 is 9.84 Å². The van der Waals surface area contributed by atoms with Gasteiger partial charge >= 0.3 is 0 Å². The molecule has 7 heteroatoms. The Labute approximate surface area is 117 Å². The zero-order valence-corrected chi connectivity index (χ0v) is 11.9. The Balaban J connectivity index is 2.40. The van der Waals surface area contributed by atoms with Gasteiger partial charge in [-0.3, -0.25) is 0 Å². The molecule has 0 aromatic heterocycles. The van der Waals surface area contributed by atoms with Gasteiger partial charge in [0.05, 0.1) is 13.2 Å². The molecule has 2 atom stereocenters. The lowest BCUT2D eigenvalue weighted by atomic mass is 10.1. The van der Waals surface area contributed by atoms with Crippen LogP contribution in [-0.4, -0.2) is 44.3 Å². The lowest BCUT2D eigenvalue weighted by Gasteiger charge is -2.28. The highest BCUT2D eigenvalue weighted by atomic mass is 32.2. The maximum Gasteiger partial charge on any atom is 0.209 e. The van der Waals surface area contributed by atoms with Crippen molar-refractivity contribution in [3.05, 3.63) is 35.6 Å². The lowest BCUT2D eigenvalue weighted by Crippen LogP contribution is -2.37. The van der Waals surface area contributed by atoms with Crippen LogP contribution in [0.25, 0.3) is 0 Å². The summed E-state index contributed by atoms with van der Waals surface area (Å²) in [7, 11) is -3.41. The molecular weight excluding hydrogens is 287 g/mol. The minimum atomic E-state index is -3.41. The quantitative estimate of drug-likeness (QED) is 0.872. The molecule has 2 unspecified atom stereocenters. The van der Waals surface area contributed by atoms with Gasteiger partial charge in [0.15, 0.2) is 9.84 Å². The van der Waals surface area contributed by atoms with Crippen molar-refractivity contribution < 1.29 is 27.4 Å². The molecule has 112 valence electrons. The smallest absolute Gasteiger partial charge is 0.209 e. The maximum atomic E-state index is 13.4. The Morgan fingerprint density at radius 1 is 1.50 bits per heavy atom. The summed E-state index contributed by atoms with van der Waals surface area (Å²) in [5.74, 6) is -2.53. The topological polar surface area (TPSA) is 72.8 Å². The highest BCUT2D eigenvalue weighted by Gasteiger charge is 2.46. The van der Waals surface area contributed by atoms with Gasteiger partial charge in [-0.05, 0) is 12.1 Å². The van der Waals surface area contributed by atoms with Crippen molar-refractivity contribution in [2.24, 2.45) is 0 Å². The fourth-order valence-electron chi connectivity index (χ4n) is 2.08. The van der Waals surface area contributed by atoms with E-state index < -0.39 is 33.3 Å². The van der Waals surface area contributed by atoms with Crippen molar-refractivity contribution in [3.8, 4) is 0 Å². The highest BCUT2D eigenvalue weighted by Crippen LogP contribution is 2.36. The monoisotopic (exact) mass is 304 g/mol. The molecule has 1 N–H and O–H groups in total. The summed E-state index contributed by atoms with van der Waals surface area (Å²) in [5.41, 5.74) is 0.297. The van der Waals surface area contributed by atoms with Crippen molar-refractivity contribution in [3.63, 3.8) is 0 Å². The fraction of sp³-hybridized carbons (Fsp3) is 0.538. The van der Waals surface area contributed by atoms with Crippen LogP contribution in [0.1, 0.15) is 12.5 Å². The molecule has 1 aromatic rings. The van der Waals surface area contributed by atoms with Crippen LogP contribution in [-0.2, 0) is 25.1 Å². The second-order valence-corrected chi connectivity index (χ2v) is 7.03. The fourth-order valence-corrected chi connectivity index (χ4v) is 3.18.